The smallest absolute Gasteiger partial charge is 0.469 e. The first kappa shape index (κ1) is 28.0. The van der Waals surface area contributed by atoms with Crippen LogP contribution in [0.4, 0.5) is 18.0 Å². The highest BCUT2D eigenvalue weighted by Crippen LogP contribution is 2.34. The SMILES string of the molecule is CNC(=O)c1cccc(Oc2ccc(COC(=O)Oc3cc(C(F)(F)F)ccc3CC(=O)OC)cc2C)c1. The number of alkyl halides is 3. The molecule has 0 spiro atoms. The molecule has 0 aliphatic rings. The molecule has 0 unspecified atom stereocenters. The molecule has 0 saturated carbocycles. The average molecular weight is 531 g/mol. The molecule has 0 aromatic heterocycles. The summed E-state index contributed by atoms with van der Waals surface area (Å²) in [7, 11) is 2.65. The predicted octanol–water partition coefficient (Wildman–Crippen LogP) is 5.60. The van der Waals surface area contributed by atoms with Gasteiger partial charge in [0.05, 0.1) is 19.1 Å². The monoisotopic (exact) mass is 531 g/mol. The summed E-state index contributed by atoms with van der Waals surface area (Å²) in [6.45, 7) is 1.53. The van der Waals surface area contributed by atoms with Gasteiger partial charge in [0.15, 0.2) is 0 Å². The van der Waals surface area contributed by atoms with Crippen LogP contribution >= 0.6 is 0 Å². The van der Waals surface area contributed by atoms with Crippen LogP contribution in [0.3, 0.4) is 0 Å². The van der Waals surface area contributed by atoms with Gasteiger partial charge in [0.1, 0.15) is 23.9 Å². The summed E-state index contributed by atoms with van der Waals surface area (Å²) in [4.78, 5) is 35.7. The third-order valence-electron chi connectivity index (χ3n) is 5.30. The van der Waals surface area contributed by atoms with E-state index in [1.165, 1.54) is 7.05 Å². The molecular weight excluding hydrogens is 507 g/mol. The number of hydrogen-bond donors (Lipinski definition) is 1. The summed E-state index contributed by atoms with van der Waals surface area (Å²) in [5.74, 6) is -0.489. The van der Waals surface area contributed by atoms with Crippen LogP contribution in [0.5, 0.6) is 17.2 Å². The molecule has 0 radical (unpaired) electrons. The highest BCUT2D eigenvalue weighted by atomic mass is 19.4. The fourth-order valence-electron chi connectivity index (χ4n) is 3.35. The van der Waals surface area contributed by atoms with Crippen molar-refractivity contribution < 1.29 is 46.5 Å². The minimum atomic E-state index is -4.68. The van der Waals surface area contributed by atoms with Crippen molar-refractivity contribution in [2.75, 3.05) is 14.2 Å². The zero-order valence-electron chi connectivity index (χ0n) is 20.7. The Morgan fingerprint density at radius 3 is 2.37 bits per heavy atom. The van der Waals surface area contributed by atoms with Crippen LogP contribution in [-0.4, -0.2) is 32.2 Å². The van der Waals surface area contributed by atoms with E-state index in [4.69, 9.17) is 14.2 Å². The number of ether oxygens (including phenoxy) is 4. The van der Waals surface area contributed by atoms with Gasteiger partial charge in [-0.15, -0.1) is 0 Å². The summed E-state index contributed by atoms with van der Waals surface area (Å²) in [5, 5.41) is 2.54. The molecule has 0 heterocycles. The van der Waals surface area contributed by atoms with Crippen LogP contribution < -0.4 is 14.8 Å². The molecule has 0 fully saturated rings. The van der Waals surface area contributed by atoms with Crippen molar-refractivity contribution in [2.45, 2.75) is 26.1 Å². The Bertz CT molecular complexity index is 1340. The van der Waals surface area contributed by atoms with Gasteiger partial charge in [-0.2, -0.15) is 13.2 Å². The molecule has 0 atom stereocenters. The molecule has 200 valence electrons. The molecule has 8 nitrogen and oxygen atoms in total. The van der Waals surface area contributed by atoms with Crippen LogP contribution in [0.2, 0.25) is 0 Å². The van der Waals surface area contributed by atoms with Gasteiger partial charge in [-0.1, -0.05) is 18.2 Å². The largest absolute Gasteiger partial charge is 0.514 e. The van der Waals surface area contributed by atoms with Gasteiger partial charge in [0.2, 0.25) is 0 Å². The van der Waals surface area contributed by atoms with Gasteiger partial charge in [-0.25, -0.2) is 4.79 Å². The molecule has 0 aliphatic carbocycles. The number of halogens is 3. The first-order chi connectivity index (χ1) is 18.0. The van der Waals surface area contributed by atoms with E-state index >= 15 is 0 Å². The molecule has 3 aromatic rings. The number of rotatable bonds is 8. The average Bonchev–Trinajstić information content (AvgIpc) is 2.88. The lowest BCUT2D eigenvalue weighted by Gasteiger charge is -2.14. The van der Waals surface area contributed by atoms with E-state index in [9.17, 15) is 27.6 Å². The zero-order chi connectivity index (χ0) is 27.9. The minimum Gasteiger partial charge on any atom is -0.469 e. The first-order valence-electron chi connectivity index (χ1n) is 11.2. The quantitative estimate of drug-likeness (QED) is 0.299. The summed E-state index contributed by atoms with van der Waals surface area (Å²) in [5.41, 5.74) is 0.662. The Kier molecular flexibility index (Phi) is 8.95. The fraction of sp³-hybridized carbons (Fsp3) is 0.222. The van der Waals surface area contributed by atoms with Crippen molar-refractivity contribution in [2.24, 2.45) is 0 Å². The van der Waals surface area contributed by atoms with Gasteiger partial charge in [-0.05, 0) is 60.5 Å². The standard InChI is InChI=1S/C27H24F3NO7/c1-16-11-17(7-10-22(16)37-21-6-4-5-19(12-21)25(33)31-2)15-36-26(34)38-23-14-20(27(28,29)30)9-8-18(23)13-24(32)35-3/h4-12,14H,13,15H2,1-3H3,(H,31,33). The second kappa shape index (κ2) is 12.1. The molecule has 1 amide bonds. The Morgan fingerprint density at radius 1 is 0.947 bits per heavy atom. The van der Waals surface area contributed by atoms with Crippen LogP contribution in [0.25, 0.3) is 0 Å². The first-order valence-corrected chi connectivity index (χ1v) is 11.2. The second-order valence-corrected chi connectivity index (χ2v) is 8.02. The molecule has 38 heavy (non-hydrogen) atoms. The van der Waals surface area contributed by atoms with Crippen molar-refractivity contribution in [3.63, 3.8) is 0 Å². The molecule has 1 N–H and O–H groups in total. The third kappa shape index (κ3) is 7.48. The maximum Gasteiger partial charge on any atom is 0.514 e. The van der Waals surface area contributed by atoms with E-state index in [-0.39, 0.29) is 18.1 Å². The van der Waals surface area contributed by atoms with Crippen molar-refractivity contribution in [3.8, 4) is 17.2 Å². The van der Waals surface area contributed by atoms with E-state index < -0.39 is 36.0 Å². The number of carbonyl (C=O) groups is 3. The van der Waals surface area contributed by atoms with Crippen molar-refractivity contribution in [3.05, 3.63) is 88.5 Å². The number of amides is 1. The topological polar surface area (TPSA) is 100 Å². The van der Waals surface area contributed by atoms with Gasteiger partial charge < -0.3 is 24.3 Å². The number of benzene rings is 3. The summed E-state index contributed by atoms with van der Waals surface area (Å²) < 4.78 is 59.8. The van der Waals surface area contributed by atoms with Crippen molar-refractivity contribution in [1.29, 1.82) is 0 Å². The van der Waals surface area contributed by atoms with E-state index in [0.29, 0.717) is 34.3 Å². The van der Waals surface area contributed by atoms with Gasteiger partial charge in [-0.3, -0.25) is 9.59 Å². The Hall–Kier alpha value is -4.54. The van der Waals surface area contributed by atoms with E-state index in [1.807, 2.05) is 0 Å². The number of hydrogen-bond acceptors (Lipinski definition) is 7. The lowest BCUT2D eigenvalue weighted by atomic mass is 10.1. The van der Waals surface area contributed by atoms with E-state index in [1.54, 1.807) is 49.4 Å². The third-order valence-corrected chi connectivity index (χ3v) is 5.30. The number of nitrogens with one attached hydrogen (secondary N) is 1. The van der Waals surface area contributed by atoms with Gasteiger partial charge in [0, 0.05) is 18.2 Å². The number of carbonyl (C=O) groups excluding carboxylic acids is 3. The Balaban J connectivity index is 1.67. The van der Waals surface area contributed by atoms with Crippen molar-refractivity contribution in [1.82, 2.24) is 5.32 Å². The molecule has 3 aromatic carbocycles. The normalized spacial score (nSPS) is 10.9. The summed E-state index contributed by atoms with van der Waals surface area (Å²) >= 11 is 0. The second-order valence-electron chi connectivity index (χ2n) is 8.02. The molecule has 0 saturated heterocycles. The fourth-order valence-corrected chi connectivity index (χ4v) is 3.35. The van der Waals surface area contributed by atoms with Crippen molar-refractivity contribution >= 4 is 18.0 Å². The van der Waals surface area contributed by atoms with E-state index in [0.717, 1.165) is 19.2 Å². The number of aryl methyl sites for hydroxylation is 1. The molecular formula is C27H24F3NO7. The van der Waals surface area contributed by atoms with Crippen LogP contribution in [0.15, 0.2) is 60.7 Å². The summed E-state index contributed by atoms with van der Waals surface area (Å²) in [6, 6.07) is 14.0. The molecule has 0 aliphatic heterocycles. The maximum atomic E-state index is 13.1. The van der Waals surface area contributed by atoms with Crippen LogP contribution in [-0.2, 0) is 33.5 Å². The maximum absolute atomic E-state index is 13.1. The molecule has 0 bridgehead atoms. The Morgan fingerprint density at radius 2 is 1.71 bits per heavy atom. The number of esters is 1. The lowest BCUT2D eigenvalue weighted by molar-refractivity contribution is -0.139. The summed E-state index contributed by atoms with van der Waals surface area (Å²) in [6.07, 6.45) is -6.33. The minimum absolute atomic E-state index is 0.0274. The van der Waals surface area contributed by atoms with Crippen LogP contribution in [0.1, 0.15) is 32.6 Å². The van der Waals surface area contributed by atoms with E-state index in [2.05, 4.69) is 10.1 Å². The van der Waals surface area contributed by atoms with Gasteiger partial charge in [0.25, 0.3) is 5.91 Å². The highest BCUT2D eigenvalue weighted by molar-refractivity contribution is 5.94. The Labute approximate surface area is 216 Å². The predicted molar refractivity (Wildman–Crippen MR) is 129 cm³/mol. The molecule has 11 heteroatoms. The highest BCUT2D eigenvalue weighted by Gasteiger charge is 2.32. The van der Waals surface area contributed by atoms with Gasteiger partial charge >= 0.3 is 18.3 Å². The van der Waals surface area contributed by atoms with Crippen LogP contribution in [0, 0.1) is 6.92 Å². The zero-order valence-corrected chi connectivity index (χ0v) is 20.7. The number of methoxy groups -OCH3 is 1. The molecule has 3 rings (SSSR count). The lowest BCUT2D eigenvalue weighted by Crippen LogP contribution is -2.17.